The summed E-state index contributed by atoms with van der Waals surface area (Å²) in [5.41, 5.74) is 1.05. The molecule has 0 fully saturated rings. The van der Waals surface area contributed by atoms with Crippen LogP contribution in [0.3, 0.4) is 0 Å². The van der Waals surface area contributed by atoms with Gasteiger partial charge in [0.2, 0.25) is 0 Å². The van der Waals surface area contributed by atoms with Crippen molar-refractivity contribution in [2.45, 2.75) is 26.7 Å². The Bertz CT molecular complexity index is 445. The Labute approximate surface area is 96.1 Å². The topological polar surface area (TPSA) is 30.7 Å². The predicted molar refractivity (Wildman–Crippen MR) is 64.6 cm³/mol. The molecule has 0 aliphatic rings. The van der Waals surface area contributed by atoms with Crippen molar-refractivity contribution in [3.05, 3.63) is 42.5 Å². The zero-order valence-corrected chi connectivity index (χ0v) is 9.96. The number of hydrogen-bond donors (Lipinski definition) is 0. The molecule has 1 aromatic carbocycles. The average Bonchev–Trinajstić information content (AvgIpc) is 2.78. The Hall–Kier alpha value is -1.64. The third-order valence-electron chi connectivity index (χ3n) is 2.94. The van der Waals surface area contributed by atoms with Gasteiger partial charge in [0, 0.05) is 5.92 Å². The first kappa shape index (κ1) is 10.9. The molecule has 0 bridgehead atoms. The number of rotatable bonds is 3. The summed E-state index contributed by atoms with van der Waals surface area (Å²) in [5.74, 6) is 1.87. The number of nitrogens with zero attached hydrogens (tertiary/aromatic N) is 3. The van der Waals surface area contributed by atoms with E-state index in [1.165, 1.54) is 0 Å². The third-order valence-corrected chi connectivity index (χ3v) is 2.94. The van der Waals surface area contributed by atoms with Gasteiger partial charge in [-0.2, -0.15) is 5.10 Å². The smallest absolute Gasteiger partial charge is 0.154 e. The molecule has 1 heterocycles. The Morgan fingerprint density at radius 1 is 1.06 bits per heavy atom. The molecule has 0 saturated carbocycles. The van der Waals surface area contributed by atoms with Crippen LogP contribution in [0.25, 0.3) is 5.69 Å². The fourth-order valence-electron chi connectivity index (χ4n) is 1.49. The molecule has 3 nitrogen and oxygen atoms in total. The lowest BCUT2D eigenvalue weighted by Gasteiger charge is -2.10. The molecular formula is C13H17N3. The van der Waals surface area contributed by atoms with Crippen LogP contribution < -0.4 is 0 Å². The Kier molecular flexibility index (Phi) is 3.04. The Balaban J connectivity index is 2.27. The van der Waals surface area contributed by atoms with Gasteiger partial charge >= 0.3 is 0 Å². The van der Waals surface area contributed by atoms with Gasteiger partial charge in [-0.05, 0) is 18.1 Å². The molecule has 1 unspecified atom stereocenters. The Morgan fingerprint density at radius 2 is 1.75 bits per heavy atom. The summed E-state index contributed by atoms with van der Waals surface area (Å²) < 4.78 is 1.83. The monoisotopic (exact) mass is 215 g/mol. The van der Waals surface area contributed by atoms with E-state index in [2.05, 4.69) is 30.9 Å². The van der Waals surface area contributed by atoms with Crippen LogP contribution in [-0.4, -0.2) is 14.8 Å². The molecule has 2 rings (SSSR count). The molecule has 2 aromatic rings. The van der Waals surface area contributed by atoms with E-state index in [1.54, 1.807) is 6.33 Å². The quantitative estimate of drug-likeness (QED) is 0.788. The summed E-state index contributed by atoms with van der Waals surface area (Å²) in [5, 5.41) is 4.51. The van der Waals surface area contributed by atoms with E-state index < -0.39 is 0 Å². The highest BCUT2D eigenvalue weighted by Crippen LogP contribution is 2.20. The highest BCUT2D eigenvalue weighted by Gasteiger charge is 2.14. The normalized spacial score (nSPS) is 13.0. The molecule has 0 N–H and O–H groups in total. The molecule has 16 heavy (non-hydrogen) atoms. The van der Waals surface area contributed by atoms with Crippen LogP contribution in [0.5, 0.6) is 0 Å². The maximum Gasteiger partial charge on any atom is 0.154 e. The summed E-state index contributed by atoms with van der Waals surface area (Å²) in [6, 6.07) is 10.1. The second kappa shape index (κ2) is 4.47. The minimum absolute atomic E-state index is 0.393. The summed E-state index contributed by atoms with van der Waals surface area (Å²) in [7, 11) is 0. The summed E-state index contributed by atoms with van der Waals surface area (Å²) in [6.07, 6.45) is 1.78. The highest BCUT2D eigenvalue weighted by atomic mass is 15.3. The van der Waals surface area contributed by atoms with Crippen LogP contribution in [0.1, 0.15) is 32.5 Å². The first-order valence-electron chi connectivity index (χ1n) is 5.65. The lowest BCUT2D eigenvalue weighted by molar-refractivity contribution is 0.509. The molecular weight excluding hydrogens is 198 g/mol. The largest absolute Gasteiger partial charge is 0.221 e. The van der Waals surface area contributed by atoms with E-state index in [-0.39, 0.29) is 0 Å². The molecule has 3 heteroatoms. The van der Waals surface area contributed by atoms with Gasteiger partial charge in [-0.15, -0.1) is 0 Å². The number of benzene rings is 1. The van der Waals surface area contributed by atoms with Gasteiger partial charge in [0.15, 0.2) is 5.82 Å². The van der Waals surface area contributed by atoms with Crippen molar-refractivity contribution in [2.75, 3.05) is 0 Å². The second-order valence-corrected chi connectivity index (χ2v) is 4.42. The van der Waals surface area contributed by atoms with Gasteiger partial charge in [0.1, 0.15) is 6.33 Å². The van der Waals surface area contributed by atoms with Gasteiger partial charge in [-0.25, -0.2) is 9.67 Å². The van der Waals surface area contributed by atoms with Crippen molar-refractivity contribution in [1.29, 1.82) is 0 Å². The van der Waals surface area contributed by atoms with Crippen LogP contribution in [0.4, 0.5) is 0 Å². The maximum atomic E-state index is 4.51. The molecule has 0 saturated heterocycles. The third kappa shape index (κ3) is 2.13. The SMILES string of the molecule is CC(C)C(C)c1ncn(-c2ccccc2)n1. The van der Waals surface area contributed by atoms with Gasteiger partial charge in [0.05, 0.1) is 5.69 Å². The zero-order chi connectivity index (χ0) is 11.5. The van der Waals surface area contributed by atoms with Crippen molar-refractivity contribution in [3.8, 4) is 5.69 Å². The molecule has 0 spiro atoms. The summed E-state index contributed by atoms with van der Waals surface area (Å²) in [4.78, 5) is 4.37. The molecule has 0 aliphatic heterocycles. The first-order valence-corrected chi connectivity index (χ1v) is 5.65. The van der Waals surface area contributed by atoms with Crippen molar-refractivity contribution in [1.82, 2.24) is 14.8 Å². The van der Waals surface area contributed by atoms with Crippen LogP contribution >= 0.6 is 0 Å². The summed E-state index contributed by atoms with van der Waals surface area (Å²) in [6.45, 7) is 6.54. The van der Waals surface area contributed by atoms with Crippen LogP contribution in [-0.2, 0) is 0 Å². The lowest BCUT2D eigenvalue weighted by Crippen LogP contribution is -2.05. The first-order chi connectivity index (χ1) is 7.68. The number of hydrogen-bond acceptors (Lipinski definition) is 2. The van der Waals surface area contributed by atoms with E-state index in [1.807, 2.05) is 35.0 Å². The molecule has 0 radical (unpaired) electrons. The Morgan fingerprint density at radius 3 is 2.38 bits per heavy atom. The van der Waals surface area contributed by atoms with Crippen LogP contribution in [0.15, 0.2) is 36.7 Å². The van der Waals surface area contributed by atoms with E-state index in [0.717, 1.165) is 11.5 Å². The minimum Gasteiger partial charge on any atom is -0.221 e. The standard InChI is InChI=1S/C13H17N3/c1-10(2)11(3)13-14-9-16(15-13)12-7-5-4-6-8-12/h4-11H,1-3H3. The van der Waals surface area contributed by atoms with E-state index >= 15 is 0 Å². The van der Waals surface area contributed by atoms with E-state index in [0.29, 0.717) is 11.8 Å². The number of aromatic nitrogens is 3. The van der Waals surface area contributed by atoms with Gasteiger partial charge in [-0.3, -0.25) is 0 Å². The van der Waals surface area contributed by atoms with Gasteiger partial charge in [-0.1, -0.05) is 39.0 Å². The molecule has 1 atom stereocenters. The summed E-state index contributed by atoms with van der Waals surface area (Å²) >= 11 is 0. The minimum atomic E-state index is 0.393. The van der Waals surface area contributed by atoms with Gasteiger partial charge in [0.25, 0.3) is 0 Å². The van der Waals surface area contributed by atoms with Crippen LogP contribution in [0.2, 0.25) is 0 Å². The van der Waals surface area contributed by atoms with E-state index in [4.69, 9.17) is 0 Å². The van der Waals surface area contributed by atoms with Crippen molar-refractivity contribution >= 4 is 0 Å². The molecule has 0 amide bonds. The van der Waals surface area contributed by atoms with Crippen molar-refractivity contribution in [2.24, 2.45) is 5.92 Å². The zero-order valence-electron chi connectivity index (χ0n) is 9.96. The fourth-order valence-corrected chi connectivity index (χ4v) is 1.49. The van der Waals surface area contributed by atoms with E-state index in [9.17, 15) is 0 Å². The second-order valence-electron chi connectivity index (χ2n) is 4.42. The molecule has 0 aliphatic carbocycles. The molecule has 1 aromatic heterocycles. The molecule has 84 valence electrons. The maximum absolute atomic E-state index is 4.51. The van der Waals surface area contributed by atoms with Crippen molar-refractivity contribution < 1.29 is 0 Å². The van der Waals surface area contributed by atoms with Crippen LogP contribution in [0, 0.1) is 5.92 Å². The average molecular weight is 215 g/mol. The number of para-hydroxylation sites is 1. The highest BCUT2D eigenvalue weighted by molar-refractivity contribution is 5.29. The van der Waals surface area contributed by atoms with Crippen molar-refractivity contribution in [3.63, 3.8) is 0 Å². The lowest BCUT2D eigenvalue weighted by atomic mass is 9.98. The fraction of sp³-hybridized carbons (Fsp3) is 0.385. The predicted octanol–water partition coefficient (Wildman–Crippen LogP) is 3.03. The van der Waals surface area contributed by atoms with Gasteiger partial charge < -0.3 is 0 Å².